The Morgan fingerprint density at radius 2 is 1.44 bits per heavy atom. The maximum absolute atomic E-state index is 12.0. The quantitative estimate of drug-likeness (QED) is 0.149. The van der Waals surface area contributed by atoms with Crippen molar-refractivity contribution in [3.63, 3.8) is 0 Å². The molecule has 0 aromatic heterocycles. The smallest absolute Gasteiger partial charge is 0.192 e. The second kappa shape index (κ2) is 16.4. The minimum absolute atomic E-state index is 0.0518. The van der Waals surface area contributed by atoms with Gasteiger partial charge in [0.1, 0.15) is 6.29 Å². The van der Waals surface area contributed by atoms with E-state index in [9.17, 15) is 4.79 Å². The van der Waals surface area contributed by atoms with Crippen LogP contribution in [0.2, 0.25) is 18.1 Å². The van der Waals surface area contributed by atoms with Gasteiger partial charge >= 0.3 is 0 Å². The molecule has 2 heterocycles. The summed E-state index contributed by atoms with van der Waals surface area (Å²) in [6, 6.07) is 3.39. The highest BCUT2D eigenvalue weighted by Gasteiger charge is 2.48. The molecule has 0 N–H and O–H groups in total. The van der Waals surface area contributed by atoms with E-state index in [4.69, 9.17) is 23.4 Å². The molecule has 0 radical (unpaired) electrons. The highest BCUT2D eigenvalue weighted by atomic mass is 28.4. The van der Waals surface area contributed by atoms with Crippen LogP contribution in [0.5, 0.6) is 0 Å². The molecule has 0 bridgehead atoms. The Bertz CT molecular complexity index is 676. The minimum Gasteiger partial charge on any atom is -0.414 e. The topological polar surface area (TPSA) is 63.2 Å². The third-order valence-electron chi connectivity index (χ3n) is 10.6. The van der Waals surface area contributed by atoms with E-state index in [0.717, 1.165) is 89.0 Å². The molecule has 2 aliphatic carbocycles. The van der Waals surface area contributed by atoms with Crippen LogP contribution in [0.15, 0.2) is 0 Å². The average molecular weight is 567 g/mol. The van der Waals surface area contributed by atoms with Gasteiger partial charge in [0.2, 0.25) is 0 Å². The fourth-order valence-corrected chi connectivity index (χ4v) is 10.8. The largest absolute Gasteiger partial charge is 0.414 e. The minimum atomic E-state index is -1.81. The average Bonchev–Trinajstić information content (AvgIpc) is 3.30. The summed E-state index contributed by atoms with van der Waals surface area (Å²) in [5.74, 6) is 1.12. The predicted molar refractivity (Wildman–Crippen MR) is 157 cm³/mol. The van der Waals surface area contributed by atoms with Gasteiger partial charge in [-0.2, -0.15) is 0 Å². The van der Waals surface area contributed by atoms with E-state index in [1.54, 1.807) is 0 Å². The lowest BCUT2D eigenvalue weighted by atomic mass is 9.80. The van der Waals surface area contributed by atoms with Crippen molar-refractivity contribution in [3.05, 3.63) is 0 Å². The van der Waals surface area contributed by atoms with Crippen LogP contribution < -0.4 is 0 Å². The van der Waals surface area contributed by atoms with Crippen molar-refractivity contribution in [3.8, 4) is 0 Å². The summed E-state index contributed by atoms with van der Waals surface area (Å²) in [6.45, 7) is 8.49. The van der Waals surface area contributed by atoms with Crippen molar-refractivity contribution in [2.75, 3.05) is 13.2 Å². The molecule has 6 nitrogen and oxygen atoms in total. The van der Waals surface area contributed by atoms with Gasteiger partial charge < -0.3 is 28.2 Å². The van der Waals surface area contributed by atoms with Crippen molar-refractivity contribution in [1.82, 2.24) is 0 Å². The van der Waals surface area contributed by atoms with Crippen molar-refractivity contribution in [2.45, 2.75) is 166 Å². The van der Waals surface area contributed by atoms with Crippen LogP contribution in [-0.4, -0.2) is 58.7 Å². The molecule has 0 aromatic rings. The molecule has 226 valence electrons. The van der Waals surface area contributed by atoms with Crippen molar-refractivity contribution in [2.24, 2.45) is 17.8 Å². The van der Waals surface area contributed by atoms with E-state index < -0.39 is 8.32 Å². The first-order chi connectivity index (χ1) is 19.1. The van der Waals surface area contributed by atoms with Gasteiger partial charge in [0.15, 0.2) is 20.9 Å². The zero-order valence-corrected chi connectivity index (χ0v) is 26.3. The molecule has 2 saturated heterocycles. The standard InChI is InChI=1S/C32H58O6Si/c1-4-39(5-2,6-3)38-30-24-29(37-32-17-11-13-23-35-32)26(27(30)20-21-33)18-19-28(25-14-8-7-9-15-25)36-31-16-10-12-22-34-31/h21,25-32H,4-20,22-24H2,1-3H3/t26-,27-,28-,29-,30+,31?,32?/m1/s1. The lowest BCUT2D eigenvalue weighted by Crippen LogP contribution is -2.41. The summed E-state index contributed by atoms with van der Waals surface area (Å²) in [6.07, 6.45) is 18.0. The molecule has 7 heteroatoms. The molecule has 0 amide bonds. The molecule has 2 saturated carbocycles. The van der Waals surface area contributed by atoms with Gasteiger partial charge in [0, 0.05) is 19.6 Å². The van der Waals surface area contributed by atoms with E-state index in [1.165, 1.54) is 38.5 Å². The normalized spacial score (nSPS) is 33.7. The fourth-order valence-electron chi connectivity index (χ4n) is 7.89. The van der Waals surface area contributed by atoms with Crippen LogP contribution in [0.3, 0.4) is 0 Å². The Hall–Kier alpha value is -0.313. The van der Waals surface area contributed by atoms with Crippen LogP contribution in [0, 0.1) is 17.8 Å². The van der Waals surface area contributed by atoms with Crippen molar-refractivity contribution in [1.29, 1.82) is 0 Å². The maximum Gasteiger partial charge on any atom is 0.192 e. The summed E-state index contributed by atoms with van der Waals surface area (Å²) < 4.78 is 32.7. The van der Waals surface area contributed by atoms with Crippen LogP contribution >= 0.6 is 0 Å². The summed E-state index contributed by atoms with van der Waals surface area (Å²) in [5.41, 5.74) is 0. The fraction of sp³-hybridized carbons (Fsp3) is 0.969. The zero-order chi connectivity index (χ0) is 27.5. The molecule has 4 rings (SSSR count). The number of carbonyl (C=O) groups is 1. The van der Waals surface area contributed by atoms with Gasteiger partial charge in [-0.3, -0.25) is 0 Å². The first kappa shape index (κ1) is 31.6. The van der Waals surface area contributed by atoms with Crippen LogP contribution in [-0.2, 0) is 28.2 Å². The van der Waals surface area contributed by atoms with Crippen LogP contribution in [0.1, 0.15) is 117 Å². The van der Waals surface area contributed by atoms with E-state index in [2.05, 4.69) is 20.8 Å². The van der Waals surface area contributed by atoms with E-state index in [-0.39, 0.29) is 36.8 Å². The molecule has 2 aliphatic heterocycles. The number of hydrogen-bond donors (Lipinski definition) is 0. The number of rotatable bonds is 15. The Balaban J connectivity index is 1.50. The lowest BCUT2D eigenvalue weighted by molar-refractivity contribution is -0.207. The molecule has 4 fully saturated rings. The third-order valence-corrected chi connectivity index (χ3v) is 15.2. The van der Waals surface area contributed by atoms with E-state index in [1.807, 2.05) is 0 Å². The molecule has 0 spiro atoms. The number of ether oxygens (including phenoxy) is 4. The van der Waals surface area contributed by atoms with Crippen LogP contribution in [0.25, 0.3) is 0 Å². The third kappa shape index (κ3) is 8.84. The van der Waals surface area contributed by atoms with Gasteiger partial charge in [-0.1, -0.05) is 40.0 Å². The van der Waals surface area contributed by atoms with Crippen LogP contribution in [0.4, 0.5) is 0 Å². The molecular weight excluding hydrogens is 508 g/mol. The summed E-state index contributed by atoms with van der Waals surface area (Å²) >= 11 is 0. The second-order valence-corrected chi connectivity index (χ2v) is 17.5. The second-order valence-electron chi connectivity index (χ2n) is 12.8. The van der Waals surface area contributed by atoms with Crippen molar-refractivity contribution < 1.29 is 28.2 Å². The Morgan fingerprint density at radius 1 is 0.795 bits per heavy atom. The van der Waals surface area contributed by atoms with E-state index >= 15 is 0 Å². The Kier molecular flexibility index (Phi) is 13.3. The maximum atomic E-state index is 12.0. The van der Waals surface area contributed by atoms with Gasteiger partial charge in [-0.15, -0.1) is 0 Å². The summed E-state index contributed by atoms with van der Waals surface area (Å²) in [4.78, 5) is 12.0. The van der Waals surface area contributed by atoms with Gasteiger partial charge in [-0.25, -0.2) is 0 Å². The number of hydrogen-bond acceptors (Lipinski definition) is 6. The molecular formula is C32H58O6Si. The number of aldehydes is 1. The van der Waals surface area contributed by atoms with Gasteiger partial charge in [0.05, 0.1) is 18.3 Å². The van der Waals surface area contributed by atoms with Gasteiger partial charge in [-0.05, 0) is 107 Å². The Morgan fingerprint density at radius 3 is 2.03 bits per heavy atom. The molecule has 0 aromatic carbocycles. The molecule has 39 heavy (non-hydrogen) atoms. The molecule has 7 atom stereocenters. The van der Waals surface area contributed by atoms with Gasteiger partial charge in [0.25, 0.3) is 0 Å². The van der Waals surface area contributed by atoms with Crippen molar-refractivity contribution >= 4 is 14.6 Å². The lowest BCUT2D eigenvalue weighted by Gasteiger charge is -2.37. The highest BCUT2D eigenvalue weighted by molar-refractivity contribution is 6.73. The Labute approximate surface area is 239 Å². The first-order valence-electron chi connectivity index (χ1n) is 16.8. The molecule has 4 aliphatic rings. The molecule has 2 unspecified atom stereocenters. The SMILES string of the molecule is CC[Si](CC)(CC)O[C@H]1C[C@@H](OC2CCCCO2)[C@H](CC[C@@H](OC2CCCCO2)C2CCCCC2)[C@H]1CC=O. The predicted octanol–water partition coefficient (Wildman–Crippen LogP) is 7.79. The van der Waals surface area contributed by atoms with E-state index in [0.29, 0.717) is 18.3 Å². The zero-order valence-electron chi connectivity index (χ0n) is 25.3. The highest BCUT2D eigenvalue weighted by Crippen LogP contribution is 2.45. The first-order valence-corrected chi connectivity index (χ1v) is 19.3. The summed E-state index contributed by atoms with van der Waals surface area (Å²) in [5, 5.41) is 0. The summed E-state index contributed by atoms with van der Waals surface area (Å²) in [7, 11) is -1.81. The monoisotopic (exact) mass is 566 g/mol. The number of carbonyl (C=O) groups excluding carboxylic acids is 1.